The van der Waals surface area contributed by atoms with Crippen molar-refractivity contribution in [2.45, 2.75) is 24.0 Å². The maximum atomic E-state index is 12.7. The van der Waals surface area contributed by atoms with Crippen molar-refractivity contribution >= 4 is 23.4 Å². The van der Waals surface area contributed by atoms with Crippen LogP contribution in [0, 0.1) is 6.92 Å². The third-order valence-electron chi connectivity index (χ3n) is 4.30. The van der Waals surface area contributed by atoms with Gasteiger partial charge in [0.2, 0.25) is 5.91 Å². The lowest BCUT2D eigenvalue weighted by atomic mass is 10.2. The monoisotopic (exact) mass is 341 g/mol. The van der Waals surface area contributed by atoms with E-state index in [1.807, 2.05) is 36.4 Å². The van der Waals surface area contributed by atoms with Gasteiger partial charge in [-0.3, -0.25) is 9.78 Å². The molecule has 0 bridgehead atoms. The molecule has 3 rings (SSSR count). The van der Waals surface area contributed by atoms with Gasteiger partial charge in [0.1, 0.15) is 0 Å². The molecular weight excluding hydrogens is 318 g/mol. The Morgan fingerprint density at radius 3 is 2.29 bits per heavy atom. The maximum Gasteiger partial charge on any atom is 0.235 e. The van der Waals surface area contributed by atoms with E-state index in [0.717, 1.165) is 31.1 Å². The number of nitrogens with zero attached hydrogens (tertiary/aromatic N) is 3. The van der Waals surface area contributed by atoms with Gasteiger partial charge in [-0.2, -0.15) is 0 Å². The molecule has 0 spiro atoms. The summed E-state index contributed by atoms with van der Waals surface area (Å²) in [6.07, 6.45) is 3.63. The lowest BCUT2D eigenvalue weighted by Gasteiger charge is -2.37. The summed E-state index contributed by atoms with van der Waals surface area (Å²) in [6, 6.07) is 12.4. The Morgan fingerprint density at radius 1 is 1.04 bits per heavy atom. The van der Waals surface area contributed by atoms with Crippen LogP contribution in [-0.4, -0.2) is 47.2 Å². The van der Waals surface area contributed by atoms with E-state index in [0.29, 0.717) is 0 Å². The number of carbonyl (C=O) groups is 1. The topological polar surface area (TPSA) is 36.4 Å². The second-order valence-electron chi connectivity index (χ2n) is 6.09. The molecule has 1 aliphatic heterocycles. The molecular formula is C19H23N3OS. The van der Waals surface area contributed by atoms with Crippen LogP contribution in [-0.2, 0) is 4.79 Å². The summed E-state index contributed by atoms with van der Waals surface area (Å²) in [5, 5.41) is -0.0554. The molecule has 126 valence electrons. The summed E-state index contributed by atoms with van der Waals surface area (Å²) in [5.41, 5.74) is 2.42. The minimum Gasteiger partial charge on any atom is -0.368 e. The number of pyridine rings is 1. The van der Waals surface area contributed by atoms with Crippen molar-refractivity contribution in [1.82, 2.24) is 9.88 Å². The zero-order chi connectivity index (χ0) is 16.9. The molecule has 2 aromatic rings. The molecule has 1 aliphatic rings. The summed E-state index contributed by atoms with van der Waals surface area (Å²) < 4.78 is 0. The number of amides is 1. The lowest BCUT2D eigenvalue weighted by molar-refractivity contribution is -0.130. The normalized spacial score (nSPS) is 16.1. The number of hydrogen-bond donors (Lipinski definition) is 0. The second-order valence-corrected chi connectivity index (χ2v) is 7.51. The second kappa shape index (κ2) is 7.71. The number of thioether (sulfide) groups is 1. The number of hydrogen-bond acceptors (Lipinski definition) is 4. The van der Waals surface area contributed by atoms with Crippen LogP contribution in [0.5, 0.6) is 0 Å². The first-order valence-corrected chi connectivity index (χ1v) is 9.18. The van der Waals surface area contributed by atoms with Gasteiger partial charge in [-0.25, -0.2) is 0 Å². The van der Waals surface area contributed by atoms with E-state index in [1.165, 1.54) is 11.3 Å². The fraction of sp³-hybridized carbons (Fsp3) is 0.368. The number of carbonyl (C=O) groups excluding carboxylic acids is 1. The van der Waals surface area contributed by atoms with E-state index >= 15 is 0 Å². The fourth-order valence-electron chi connectivity index (χ4n) is 2.87. The molecule has 1 amide bonds. The van der Waals surface area contributed by atoms with Gasteiger partial charge >= 0.3 is 0 Å². The molecule has 1 fully saturated rings. The summed E-state index contributed by atoms with van der Waals surface area (Å²) in [7, 11) is 0. The molecule has 2 heterocycles. The minimum atomic E-state index is -0.0554. The Bertz CT molecular complexity index is 667. The van der Waals surface area contributed by atoms with Gasteiger partial charge in [-0.15, -0.1) is 11.8 Å². The smallest absolute Gasteiger partial charge is 0.235 e. The molecule has 1 aromatic carbocycles. The largest absolute Gasteiger partial charge is 0.368 e. The van der Waals surface area contributed by atoms with Crippen LogP contribution in [0.4, 0.5) is 5.69 Å². The predicted octanol–water partition coefficient (Wildman–Crippen LogP) is 3.22. The average molecular weight is 341 g/mol. The van der Waals surface area contributed by atoms with Gasteiger partial charge in [0.15, 0.2) is 0 Å². The third-order valence-corrected chi connectivity index (χ3v) is 5.40. The molecule has 0 unspecified atom stereocenters. The van der Waals surface area contributed by atoms with Crippen LogP contribution >= 0.6 is 11.8 Å². The predicted molar refractivity (Wildman–Crippen MR) is 99.5 cm³/mol. The van der Waals surface area contributed by atoms with Gasteiger partial charge in [-0.1, -0.05) is 17.7 Å². The highest BCUT2D eigenvalue weighted by atomic mass is 32.2. The molecule has 0 N–H and O–H groups in total. The quantitative estimate of drug-likeness (QED) is 0.800. The maximum absolute atomic E-state index is 12.7. The number of benzene rings is 1. The number of rotatable bonds is 4. The summed E-state index contributed by atoms with van der Waals surface area (Å²) >= 11 is 1.64. The molecule has 1 aromatic heterocycles. The first kappa shape index (κ1) is 16.8. The zero-order valence-corrected chi connectivity index (χ0v) is 15.0. The lowest BCUT2D eigenvalue weighted by Crippen LogP contribution is -2.50. The number of piperazine rings is 1. The van der Waals surface area contributed by atoms with E-state index < -0.39 is 0 Å². The molecule has 5 heteroatoms. The Labute approximate surface area is 147 Å². The van der Waals surface area contributed by atoms with Crippen molar-refractivity contribution in [3.8, 4) is 0 Å². The Balaban J connectivity index is 1.53. The summed E-state index contributed by atoms with van der Waals surface area (Å²) in [5.74, 6) is 0.231. The number of aryl methyl sites for hydroxylation is 1. The van der Waals surface area contributed by atoms with Crippen molar-refractivity contribution < 1.29 is 4.79 Å². The van der Waals surface area contributed by atoms with E-state index in [9.17, 15) is 4.79 Å². The van der Waals surface area contributed by atoms with E-state index in [4.69, 9.17) is 0 Å². The van der Waals surface area contributed by atoms with Gasteiger partial charge in [0.25, 0.3) is 0 Å². The average Bonchev–Trinajstić information content (AvgIpc) is 2.64. The number of aromatic nitrogens is 1. The Kier molecular flexibility index (Phi) is 5.41. The Morgan fingerprint density at radius 2 is 1.67 bits per heavy atom. The van der Waals surface area contributed by atoms with Gasteiger partial charge < -0.3 is 9.80 Å². The molecule has 1 saturated heterocycles. The van der Waals surface area contributed by atoms with Crippen LogP contribution in [0.3, 0.4) is 0 Å². The minimum absolute atomic E-state index is 0.0554. The summed E-state index contributed by atoms with van der Waals surface area (Å²) in [4.78, 5) is 22.2. The van der Waals surface area contributed by atoms with Crippen LogP contribution in [0.1, 0.15) is 12.5 Å². The Hall–Kier alpha value is -2.01. The molecule has 24 heavy (non-hydrogen) atoms. The number of anilines is 1. The standard InChI is InChI=1S/C19H23N3OS/c1-15-3-5-18(6-4-15)24-16(2)19(23)22-13-11-21(12-14-22)17-7-9-20-10-8-17/h3-10,16H,11-14H2,1-2H3/t16-/m1/s1. The molecule has 4 nitrogen and oxygen atoms in total. The molecule has 1 atom stereocenters. The first-order chi connectivity index (χ1) is 11.6. The first-order valence-electron chi connectivity index (χ1n) is 8.30. The molecule has 0 saturated carbocycles. The van der Waals surface area contributed by atoms with Crippen LogP contribution in [0.15, 0.2) is 53.7 Å². The van der Waals surface area contributed by atoms with E-state index in [2.05, 4.69) is 41.1 Å². The third kappa shape index (κ3) is 4.09. The van der Waals surface area contributed by atoms with Gasteiger partial charge in [0, 0.05) is 49.2 Å². The van der Waals surface area contributed by atoms with Crippen molar-refractivity contribution in [2.24, 2.45) is 0 Å². The van der Waals surface area contributed by atoms with Gasteiger partial charge in [-0.05, 0) is 38.1 Å². The van der Waals surface area contributed by atoms with Crippen LogP contribution in [0.2, 0.25) is 0 Å². The van der Waals surface area contributed by atoms with Crippen LogP contribution in [0.25, 0.3) is 0 Å². The van der Waals surface area contributed by atoms with Crippen molar-refractivity contribution in [2.75, 3.05) is 31.1 Å². The highest BCUT2D eigenvalue weighted by molar-refractivity contribution is 8.00. The van der Waals surface area contributed by atoms with Crippen molar-refractivity contribution in [1.29, 1.82) is 0 Å². The van der Waals surface area contributed by atoms with Crippen LogP contribution < -0.4 is 4.90 Å². The van der Waals surface area contributed by atoms with E-state index in [1.54, 1.807) is 11.8 Å². The van der Waals surface area contributed by atoms with E-state index in [-0.39, 0.29) is 11.2 Å². The molecule has 0 radical (unpaired) electrons. The zero-order valence-electron chi connectivity index (χ0n) is 14.2. The summed E-state index contributed by atoms with van der Waals surface area (Å²) in [6.45, 7) is 7.38. The van der Waals surface area contributed by atoms with Crippen molar-refractivity contribution in [3.05, 3.63) is 54.4 Å². The van der Waals surface area contributed by atoms with Crippen molar-refractivity contribution in [3.63, 3.8) is 0 Å². The molecule has 0 aliphatic carbocycles. The SMILES string of the molecule is Cc1ccc(S[C@H](C)C(=O)N2CCN(c3ccncc3)CC2)cc1. The highest BCUT2D eigenvalue weighted by Gasteiger charge is 2.25. The fourth-order valence-corrected chi connectivity index (χ4v) is 3.82. The highest BCUT2D eigenvalue weighted by Crippen LogP contribution is 2.25. The van der Waals surface area contributed by atoms with Gasteiger partial charge in [0.05, 0.1) is 5.25 Å².